The Morgan fingerprint density at radius 2 is 2.00 bits per heavy atom. The molecule has 0 bridgehead atoms. The van der Waals surface area contributed by atoms with E-state index in [9.17, 15) is 0 Å². The standard InChI is InChI=1S/C8H18S2/c1-4-7(2)8(3)10-6-5-9/h7-9H,4-6H2,1-3H3. The molecule has 10 heavy (non-hydrogen) atoms. The minimum absolute atomic E-state index is 0.803. The molecule has 0 aliphatic rings. The second-order valence-electron chi connectivity index (χ2n) is 2.69. The molecular formula is C8H18S2. The minimum Gasteiger partial charge on any atom is -0.179 e. The number of hydrogen-bond donors (Lipinski definition) is 1. The summed E-state index contributed by atoms with van der Waals surface area (Å²) in [6.07, 6.45) is 1.29. The highest BCUT2D eigenvalue weighted by molar-refractivity contribution is 8.00. The van der Waals surface area contributed by atoms with Crippen molar-refractivity contribution >= 4 is 24.4 Å². The van der Waals surface area contributed by atoms with Gasteiger partial charge in [-0.3, -0.25) is 0 Å². The third-order valence-corrected chi connectivity index (χ3v) is 3.87. The Balaban J connectivity index is 3.31. The molecule has 2 heteroatoms. The van der Waals surface area contributed by atoms with Gasteiger partial charge in [0.25, 0.3) is 0 Å². The summed E-state index contributed by atoms with van der Waals surface area (Å²) in [4.78, 5) is 0. The number of thiol groups is 1. The fourth-order valence-corrected chi connectivity index (χ4v) is 2.05. The van der Waals surface area contributed by atoms with Gasteiger partial charge in [-0.15, -0.1) is 0 Å². The molecule has 0 aromatic heterocycles. The van der Waals surface area contributed by atoms with E-state index in [1.807, 2.05) is 11.8 Å². The Labute approximate surface area is 74.6 Å². The van der Waals surface area contributed by atoms with Gasteiger partial charge in [-0.2, -0.15) is 24.4 Å². The van der Waals surface area contributed by atoms with Gasteiger partial charge in [-0.25, -0.2) is 0 Å². The lowest BCUT2D eigenvalue weighted by molar-refractivity contribution is 0.558. The topological polar surface area (TPSA) is 0 Å². The third-order valence-electron chi connectivity index (χ3n) is 1.92. The molecule has 0 N–H and O–H groups in total. The number of hydrogen-bond acceptors (Lipinski definition) is 2. The average molecular weight is 178 g/mol. The normalized spacial score (nSPS) is 16.8. The zero-order chi connectivity index (χ0) is 7.98. The lowest BCUT2D eigenvalue weighted by atomic mass is 10.1. The van der Waals surface area contributed by atoms with Crippen LogP contribution in [-0.2, 0) is 0 Å². The predicted octanol–water partition coefficient (Wildman–Crippen LogP) is 3.08. The van der Waals surface area contributed by atoms with E-state index in [1.54, 1.807) is 0 Å². The van der Waals surface area contributed by atoms with Crippen LogP contribution in [0.15, 0.2) is 0 Å². The molecule has 0 aromatic carbocycles. The zero-order valence-electron chi connectivity index (χ0n) is 7.13. The van der Waals surface area contributed by atoms with Crippen LogP contribution in [0.2, 0.25) is 0 Å². The second kappa shape index (κ2) is 6.41. The van der Waals surface area contributed by atoms with Crippen LogP contribution < -0.4 is 0 Å². The van der Waals surface area contributed by atoms with Crippen LogP contribution in [0.1, 0.15) is 27.2 Å². The van der Waals surface area contributed by atoms with Crippen molar-refractivity contribution in [2.75, 3.05) is 11.5 Å². The molecule has 0 saturated carbocycles. The zero-order valence-corrected chi connectivity index (χ0v) is 8.84. The van der Waals surface area contributed by atoms with Gasteiger partial charge < -0.3 is 0 Å². The largest absolute Gasteiger partial charge is 0.179 e. The highest BCUT2D eigenvalue weighted by Gasteiger charge is 2.08. The van der Waals surface area contributed by atoms with Crippen molar-refractivity contribution in [2.24, 2.45) is 5.92 Å². The van der Waals surface area contributed by atoms with Crippen LogP contribution in [0.4, 0.5) is 0 Å². The summed E-state index contributed by atoms with van der Waals surface area (Å²) < 4.78 is 0. The van der Waals surface area contributed by atoms with Crippen molar-refractivity contribution in [3.8, 4) is 0 Å². The first kappa shape index (κ1) is 10.7. The molecule has 0 radical (unpaired) electrons. The molecule has 0 spiro atoms. The fraction of sp³-hybridized carbons (Fsp3) is 1.00. The summed E-state index contributed by atoms with van der Waals surface area (Å²) >= 11 is 6.20. The van der Waals surface area contributed by atoms with Crippen LogP contribution in [0.25, 0.3) is 0 Å². The molecule has 0 aromatic rings. The average Bonchev–Trinajstić information content (AvgIpc) is 1.98. The Kier molecular flexibility index (Phi) is 6.86. The smallest absolute Gasteiger partial charge is 0.00445 e. The van der Waals surface area contributed by atoms with Crippen LogP contribution in [0, 0.1) is 5.92 Å². The van der Waals surface area contributed by atoms with Crippen LogP contribution in [0.3, 0.4) is 0 Å². The Morgan fingerprint density at radius 3 is 2.40 bits per heavy atom. The van der Waals surface area contributed by atoms with Crippen molar-refractivity contribution in [3.05, 3.63) is 0 Å². The van der Waals surface area contributed by atoms with E-state index in [0.29, 0.717) is 0 Å². The van der Waals surface area contributed by atoms with E-state index in [0.717, 1.165) is 16.9 Å². The molecule has 0 saturated heterocycles. The molecular weight excluding hydrogens is 160 g/mol. The summed E-state index contributed by atoms with van der Waals surface area (Å²) in [6, 6.07) is 0. The first-order chi connectivity index (χ1) is 4.72. The van der Waals surface area contributed by atoms with E-state index >= 15 is 0 Å². The quantitative estimate of drug-likeness (QED) is 0.631. The molecule has 62 valence electrons. The van der Waals surface area contributed by atoms with Crippen molar-refractivity contribution in [3.63, 3.8) is 0 Å². The molecule has 0 heterocycles. The lowest BCUT2D eigenvalue weighted by Gasteiger charge is -2.16. The lowest BCUT2D eigenvalue weighted by Crippen LogP contribution is -2.09. The van der Waals surface area contributed by atoms with Gasteiger partial charge in [0.05, 0.1) is 0 Å². The van der Waals surface area contributed by atoms with E-state index in [2.05, 4.69) is 33.4 Å². The molecule has 0 fully saturated rings. The molecule has 0 aliphatic carbocycles. The van der Waals surface area contributed by atoms with Gasteiger partial charge in [0.1, 0.15) is 0 Å². The van der Waals surface area contributed by atoms with E-state index in [4.69, 9.17) is 0 Å². The summed E-state index contributed by atoms with van der Waals surface area (Å²) in [5, 5.41) is 0.803. The highest BCUT2D eigenvalue weighted by Crippen LogP contribution is 2.21. The fourth-order valence-electron chi connectivity index (χ4n) is 0.735. The van der Waals surface area contributed by atoms with Crippen molar-refractivity contribution in [1.82, 2.24) is 0 Å². The predicted molar refractivity (Wildman–Crippen MR) is 55.2 cm³/mol. The monoisotopic (exact) mass is 178 g/mol. The van der Waals surface area contributed by atoms with Gasteiger partial charge >= 0.3 is 0 Å². The van der Waals surface area contributed by atoms with E-state index in [-0.39, 0.29) is 0 Å². The molecule has 0 nitrogen and oxygen atoms in total. The van der Waals surface area contributed by atoms with E-state index < -0.39 is 0 Å². The maximum atomic E-state index is 4.17. The second-order valence-corrected chi connectivity index (χ2v) is 4.62. The first-order valence-corrected chi connectivity index (χ1v) is 5.63. The maximum Gasteiger partial charge on any atom is 0.00445 e. The SMILES string of the molecule is CCC(C)C(C)SCCS. The van der Waals surface area contributed by atoms with Crippen molar-refractivity contribution in [1.29, 1.82) is 0 Å². The van der Waals surface area contributed by atoms with Crippen LogP contribution in [0.5, 0.6) is 0 Å². The number of rotatable bonds is 5. The molecule has 2 atom stereocenters. The first-order valence-electron chi connectivity index (χ1n) is 3.94. The summed E-state index contributed by atoms with van der Waals surface area (Å²) in [5.41, 5.74) is 0. The molecule has 2 unspecified atom stereocenters. The maximum absolute atomic E-state index is 4.17. The molecule has 0 rings (SSSR count). The molecule has 0 amide bonds. The Hall–Kier alpha value is 0.700. The molecule has 0 aliphatic heterocycles. The van der Waals surface area contributed by atoms with Gasteiger partial charge in [-0.1, -0.05) is 27.2 Å². The Bertz CT molecular complexity index is 73.7. The van der Waals surface area contributed by atoms with Crippen molar-refractivity contribution in [2.45, 2.75) is 32.4 Å². The third kappa shape index (κ3) is 4.51. The Morgan fingerprint density at radius 1 is 1.40 bits per heavy atom. The van der Waals surface area contributed by atoms with Gasteiger partial charge in [0.2, 0.25) is 0 Å². The van der Waals surface area contributed by atoms with Gasteiger partial charge in [0, 0.05) is 11.0 Å². The highest BCUT2D eigenvalue weighted by atomic mass is 32.2. The van der Waals surface area contributed by atoms with Crippen LogP contribution in [-0.4, -0.2) is 16.8 Å². The van der Waals surface area contributed by atoms with E-state index in [1.165, 1.54) is 12.2 Å². The van der Waals surface area contributed by atoms with Crippen molar-refractivity contribution < 1.29 is 0 Å². The van der Waals surface area contributed by atoms with Gasteiger partial charge in [-0.05, 0) is 11.7 Å². The summed E-state index contributed by atoms with van der Waals surface area (Å²) in [6.45, 7) is 6.88. The summed E-state index contributed by atoms with van der Waals surface area (Å²) in [7, 11) is 0. The summed E-state index contributed by atoms with van der Waals surface area (Å²) in [5.74, 6) is 3.05. The number of thioether (sulfide) groups is 1. The van der Waals surface area contributed by atoms with Crippen LogP contribution >= 0.6 is 24.4 Å². The van der Waals surface area contributed by atoms with Gasteiger partial charge in [0.15, 0.2) is 0 Å². The minimum atomic E-state index is 0.803.